The first-order chi connectivity index (χ1) is 11.7. The first kappa shape index (κ1) is 19.6. The van der Waals surface area contributed by atoms with Crippen LogP contribution >= 0.6 is 11.8 Å². The Kier molecular flexibility index (Phi) is 6.32. The molecule has 1 amide bonds. The van der Waals surface area contributed by atoms with E-state index in [0.717, 1.165) is 18.1 Å². The maximum Gasteiger partial charge on any atom is 0.233 e. The van der Waals surface area contributed by atoms with Gasteiger partial charge in [0.15, 0.2) is 16.7 Å². The van der Waals surface area contributed by atoms with Gasteiger partial charge in [0, 0.05) is 12.1 Å². The van der Waals surface area contributed by atoms with E-state index in [-0.39, 0.29) is 16.7 Å². The summed E-state index contributed by atoms with van der Waals surface area (Å²) in [6.07, 6.45) is 2.50. The lowest BCUT2D eigenvalue weighted by atomic mass is 10.0. The van der Waals surface area contributed by atoms with Crippen molar-refractivity contribution in [3.63, 3.8) is 0 Å². The highest BCUT2D eigenvalue weighted by Crippen LogP contribution is 2.28. The number of nitrogens with zero attached hydrogens (tertiary/aromatic N) is 3. The molecule has 7 heteroatoms. The van der Waals surface area contributed by atoms with Gasteiger partial charge in [0.05, 0.1) is 11.5 Å². The van der Waals surface area contributed by atoms with Crippen LogP contribution in [-0.2, 0) is 11.3 Å². The normalized spacial score (nSPS) is 13.2. The number of hydrogen-bond acceptors (Lipinski definition) is 5. The molecular formula is C18H28N4O2S. The van der Waals surface area contributed by atoms with Crippen LogP contribution < -0.4 is 5.32 Å². The average Bonchev–Trinajstić information content (AvgIpc) is 3.17. The zero-order valence-corrected chi connectivity index (χ0v) is 16.7. The first-order valence-corrected chi connectivity index (χ1v) is 9.57. The van der Waals surface area contributed by atoms with E-state index in [1.54, 1.807) is 6.26 Å². The molecule has 6 nitrogen and oxygen atoms in total. The summed E-state index contributed by atoms with van der Waals surface area (Å²) in [5, 5.41) is 12.1. The predicted molar refractivity (Wildman–Crippen MR) is 100 cm³/mol. The molecule has 0 fully saturated rings. The quantitative estimate of drug-likeness (QED) is 0.717. The minimum absolute atomic E-state index is 0.00972. The predicted octanol–water partition coefficient (Wildman–Crippen LogP) is 3.98. The van der Waals surface area contributed by atoms with Crippen molar-refractivity contribution in [3.05, 3.63) is 18.4 Å². The lowest BCUT2D eigenvalue weighted by Crippen LogP contribution is -2.46. The lowest BCUT2D eigenvalue weighted by molar-refractivity contribution is -0.121. The largest absolute Gasteiger partial charge is 0.461 e. The van der Waals surface area contributed by atoms with Crippen LogP contribution in [0.1, 0.15) is 48.0 Å². The highest BCUT2D eigenvalue weighted by molar-refractivity contribution is 8.00. The van der Waals surface area contributed by atoms with Crippen LogP contribution in [-0.4, -0.2) is 31.5 Å². The van der Waals surface area contributed by atoms with E-state index in [0.29, 0.717) is 17.5 Å². The fraction of sp³-hybridized carbons (Fsp3) is 0.611. The van der Waals surface area contributed by atoms with Crippen molar-refractivity contribution in [1.29, 1.82) is 0 Å². The van der Waals surface area contributed by atoms with Gasteiger partial charge in [0.1, 0.15) is 0 Å². The number of carbonyl (C=O) groups excluding carboxylic acids is 1. The van der Waals surface area contributed by atoms with Crippen molar-refractivity contribution >= 4 is 17.7 Å². The first-order valence-electron chi connectivity index (χ1n) is 8.69. The molecule has 0 aliphatic carbocycles. The molecule has 25 heavy (non-hydrogen) atoms. The monoisotopic (exact) mass is 364 g/mol. The Morgan fingerprint density at radius 1 is 1.36 bits per heavy atom. The fourth-order valence-electron chi connectivity index (χ4n) is 2.23. The number of amides is 1. The van der Waals surface area contributed by atoms with Crippen molar-refractivity contribution in [2.24, 2.45) is 5.92 Å². The van der Waals surface area contributed by atoms with Crippen molar-refractivity contribution < 1.29 is 9.21 Å². The maximum absolute atomic E-state index is 12.5. The molecule has 138 valence electrons. The zero-order chi connectivity index (χ0) is 18.6. The zero-order valence-electron chi connectivity index (χ0n) is 15.9. The minimum atomic E-state index is -0.259. The Bertz CT molecular complexity index is 692. The van der Waals surface area contributed by atoms with Crippen LogP contribution in [0.15, 0.2) is 28.0 Å². The minimum Gasteiger partial charge on any atom is -0.461 e. The molecule has 0 saturated heterocycles. The molecule has 0 radical (unpaired) electrons. The summed E-state index contributed by atoms with van der Waals surface area (Å²) in [6.45, 7) is 13.1. The molecule has 0 bridgehead atoms. The molecule has 0 saturated carbocycles. The molecule has 0 spiro atoms. The van der Waals surface area contributed by atoms with E-state index in [4.69, 9.17) is 4.42 Å². The van der Waals surface area contributed by atoms with Crippen molar-refractivity contribution in [3.8, 4) is 11.6 Å². The van der Waals surface area contributed by atoms with Crippen LogP contribution in [0.25, 0.3) is 11.6 Å². The molecule has 2 heterocycles. The molecule has 0 aliphatic heterocycles. The van der Waals surface area contributed by atoms with Crippen LogP contribution in [0.3, 0.4) is 0 Å². The van der Waals surface area contributed by atoms with E-state index in [2.05, 4.69) is 36.3 Å². The maximum atomic E-state index is 12.5. The Hall–Kier alpha value is -1.76. The number of hydrogen-bond donors (Lipinski definition) is 1. The Balaban J connectivity index is 2.20. The molecule has 0 aromatic carbocycles. The second-order valence-corrected chi connectivity index (χ2v) is 8.58. The Morgan fingerprint density at radius 2 is 2.08 bits per heavy atom. The Labute approximate surface area is 153 Å². The summed E-state index contributed by atoms with van der Waals surface area (Å²) in [7, 11) is 0. The highest BCUT2D eigenvalue weighted by atomic mass is 32.2. The summed E-state index contributed by atoms with van der Waals surface area (Å²) < 4.78 is 7.51. The molecule has 2 aromatic rings. The smallest absolute Gasteiger partial charge is 0.233 e. The molecule has 1 unspecified atom stereocenters. The van der Waals surface area contributed by atoms with Gasteiger partial charge in [-0.3, -0.25) is 9.36 Å². The number of furan rings is 1. The summed E-state index contributed by atoms with van der Waals surface area (Å²) in [4.78, 5) is 12.5. The molecule has 2 aromatic heterocycles. The topological polar surface area (TPSA) is 73.0 Å². The number of rotatable bonds is 8. The number of nitrogens with one attached hydrogen (secondary N) is 1. The van der Waals surface area contributed by atoms with Gasteiger partial charge in [0.2, 0.25) is 5.91 Å². The van der Waals surface area contributed by atoms with Crippen molar-refractivity contribution in [1.82, 2.24) is 20.1 Å². The van der Waals surface area contributed by atoms with Crippen LogP contribution in [0.5, 0.6) is 0 Å². The van der Waals surface area contributed by atoms with Gasteiger partial charge < -0.3 is 9.73 Å². The SMILES string of the molecule is CCC(C)(C)NC(=O)C(C)Sc1nnc(-c2ccco2)n1CC(C)C. The van der Waals surface area contributed by atoms with Crippen molar-refractivity contribution in [2.75, 3.05) is 0 Å². The number of aromatic nitrogens is 3. The van der Waals surface area contributed by atoms with E-state index in [1.807, 2.05) is 37.5 Å². The molecule has 0 aliphatic rings. The van der Waals surface area contributed by atoms with Gasteiger partial charge in [-0.1, -0.05) is 32.5 Å². The van der Waals surface area contributed by atoms with Crippen LogP contribution in [0.4, 0.5) is 0 Å². The third kappa shape index (κ3) is 5.11. The van der Waals surface area contributed by atoms with Crippen molar-refractivity contribution in [2.45, 2.75) is 70.5 Å². The van der Waals surface area contributed by atoms with Gasteiger partial charge in [-0.2, -0.15) is 0 Å². The second-order valence-electron chi connectivity index (χ2n) is 7.27. The van der Waals surface area contributed by atoms with Gasteiger partial charge >= 0.3 is 0 Å². The highest BCUT2D eigenvalue weighted by Gasteiger charge is 2.25. The van der Waals surface area contributed by atoms with Gasteiger partial charge in [-0.25, -0.2) is 0 Å². The third-order valence-corrected chi connectivity index (χ3v) is 5.08. The van der Waals surface area contributed by atoms with E-state index < -0.39 is 0 Å². The third-order valence-electron chi connectivity index (χ3n) is 4.00. The number of carbonyl (C=O) groups is 1. The van der Waals surface area contributed by atoms with Gasteiger partial charge in [-0.05, 0) is 45.2 Å². The van der Waals surface area contributed by atoms with E-state index >= 15 is 0 Å². The summed E-state index contributed by atoms with van der Waals surface area (Å²) in [5.41, 5.74) is -0.211. The summed E-state index contributed by atoms with van der Waals surface area (Å²) in [6, 6.07) is 3.70. The molecule has 1 atom stereocenters. The standard InChI is InChI=1S/C18H28N4O2S/c1-7-18(5,6)19-16(23)13(4)25-17-21-20-15(14-9-8-10-24-14)22(17)11-12(2)3/h8-10,12-13H,7,11H2,1-6H3,(H,19,23). The van der Waals surface area contributed by atoms with Gasteiger partial charge in [0.25, 0.3) is 0 Å². The van der Waals surface area contributed by atoms with Crippen LogP contribution in [0, 0.1) is 5.92 Å². The molecular weight excluding hydrogens is 336 g/mol. The molecule has 1 N–H and O–H groups in total. The number of thioether (sulfide) groups is 1. The second kappa shape index (κ2) is 8.08. The summed E-state index contributed by atoms with van der Waals surface area (Å²) >= 11 is 1.43. The average molecular weight is 365 g/mol. The fourth-order valence-corrected chi connectivity index (χ4v) is 3.09. The van der Waals surface area contributed by atoms with E-state index in [9.17, 15) is 4.79 Å². The Morgan fingerprint density at radius 3 is 2.64 bits per heavy atom. The van der Waals surface area contributed by atoms with E-state index in [1.165, 1.54) is 11.8 Å². The lowest BCUT2D eigenvalue weighted by Gasteiger charge is -2.26. The van der Waals surface area contributed by atoms with Crippen LogP contribution in [0.2, 0.25) is 0 Å². The molecule has 2 rings (SSSR count). The van der Waals surface area contributed by atoms with Gasteiger partial charge in [-0.15, -0.1) is 10.2 Å². The summed E-state index contributed by atoms with van der Waals surface area (Å²) in [5.74, 6) is 1.81.